The number of fused-ring (bicyclic) bond motifs is 1. The highest BCUT2D eigenvalue weighted by atomic mass is 31.1. The third-order valence-corrected chi connectivity index (χ3v) is 7.91. The maximum atomic E-state index is 10.7. The van der Waals surface area contributed by atoms with Crippen molar-refractivity contribution in [2.75, 3.05) is 6.61 Å². The first kappa shape index (κ1) is 23.6. The van der Waals surface area contributed by atoms with Crippen LogP contribution in [-0.4, -0.2) is 24.9 Å². The topological polar surface area (TPSA) is 72.5 Å². The number of rotatable bonds is 9. The summed E-state index contributed by atoms with van der Waals surface area (Å²) in [7, 11) is 3.36. The van der Waals surface area contributed by atoms with E-state index in [1.165, 1.54) is 54.4 Å². The van der Waals surface area contributed by atoms with Crippen molar-refractivity contribution in [2.24, 2.45) is 11.7 Å². The van der Waals surface area contributed by atoms with Crippen molar-refractivity contribution in [3.05, 3.63) is 64.7 Å². The lowest BCUT2D eigenvalue weighted by atomic mass is 9.79. The molecule has 0 aliphatic heterocycles. The van der Waals surface area contributed by atoms with Gasteiger partial charge in [0.25, 0.3) is 0 Å². The van der Waals surface area contributed by atoms with Crippen LogP contribution in [0.1, 0.15) is 73.1 Å². The number of benzene rings is 2. The Morgan fingerprint density at radius 2 is 2.06 bits per heavy atom. The predicted molar refractivity (Wildman–Crippen MR) is 131 cm³/mol. The van der Waals surface area contributed by atoms with Gasteiger partial charge in [0.1, 0.15) is 14.5 Å². The minimum Gasteiger partial charge on any atom is -0.325 e. The van der Waals surface area contributed by atoms with Crippen LogP contribution in [0.3, 0.4) is 0 Å². The lowest BCUT2D eigenvalue weighted by molar-refractivity contribution is 0.240. The fourth-order valence-electron chi connectivity index (χ4n) is 5.69. The van der Waals surface area contributed by atoms with E-state index in [1.54, 1.807) is 0 Å². The van der Waals surface area contributed by atoms with Crippen LogP contribution >= 0.6 is 8.25 Å². The molecule has 2 aliphatic rings. The average Bonchev–Trinajstić information content (AvgIpc) is 3.15. The lowest BCUT2D eigenvalue weighted by Crippen LogP contribution is -2.37. The third-order valence-electron chi connectivity index (χ3n) is 7.51. The van der Waals surface area contributed by atoms with E-state index in [9.17, 15) is 4.57 Å². The molecule has 6 heteroatoms. The summed E-state index contributed by atoms with van der Waals surface area (Å²) in [4.78, 5) is 8.82. The molecule has 2 aliphatic carbocycles. The molecule has 4 rings (SSSR count). The molecule has 2 aromatic rings. The molecular formula is C26H34BNO3P+. The maximum Gasteiger partial charge on any atom is 0.694 e. The van der Waals surface area contributed by atoms with E-state index in [0.29, 0.717) is 12.3 Å². The largest absolute Gasteiger partial charge is 0.694 e. The fourth-order valence-corrected chi connectivity index (χ4v) is 5.94. The van der Waals surface area contributed by atoms with Crippen LogP contribution in [0.25, 0.3) is 0 Å². The summed E-state index contributed by atoms with van der Waals surface area (Å²) < 4.78 is 15.6. The van der Waals surface area contributed by atoms with E-state index in [1.807, 2.05) is 12.1 Å². The van der Waals surface area contributed by atoms with Crippen molar-refractivity contribution in [1.82, 2.24) is 0 Å². The van der Waals surface area contributed by atoms with Crippen molar-refractivity contribution in [1.29, 1.82) is 0 Å². The first-order valence-corrected chi connectivity index (χ1v) is 13.1. The third kappa shape index (κ3) is 6.29. The van der Waals surface area contributed by atoms with Gasteiger partial charge in [-0.15, -0.1) is 9.42 Å². The van der Waals surface area contributed by atoms with Crippen LogP contribution in [0.2, 0.25) is 0 Å². The molecule has 168 valence electrons. The van der Waals surface area contributed by atoms with Gasteiger partial charge in [0.2, 0.25) is 0 Å². The van der Waals surface area contributed by atoms with Crippen molar-refractivity contribution >= 4 is 21.6 Å². The molecule has 0 aromatic heterocycles. The SMILES string of the molecule is [B]c1cccc(CCC[C@H]2CCc3cc([C@H]4CC[C@](N)(CCO[P+](=O)O)C4)ccc3C2)c1. The van der Waals surface area contributed by atoms with Gasteiger partial charge in [-0.2, -0.15) is 0 Å². The first-order valence-electron chi connectivity index (χ1n) is 11.9. The Bertz CT molecular complexity index is 952. The van der Waals surface area contributed by atoms with Crippen LogP contribution in [0.5, 0.6) is 0 Å². The molecule has 4 atom stereocenters. The van der Waals surface area contributed by atoms with Crippen LogP contribution in [0, 0.1) is 5.92 Å². The van der Waals surface area contributed by atoms with Crippen LogP contribution in [-0.2, 0) is 28.4 Å². The van der Waals surface area contributed by atoms with Gasteiger partial charge in [0.15, 0.2) is 0 Å². The molecular weight excluding hydrogens is 416 g/mol. The Balaban J connectivity index is 1.28. The molecule has 0 bridgehead atoms. The summed E-state index contributed by atoms with van der Waals surface area (Å²) in [5.41, 5.74) is 12.9. The van der Waals surface area contributed by atoms with E-state index >= 15 is 0 Å². The summed E-state index contributed by atoms with van der Waals surface area (Å²) in [5.74, 6) is 1.25. The number of aryl methyl sites for hydroxylation is 2. The van der Waals surface area contributed by atoms with Gasteiger partial charge in [-0.05, 0) is 98.3 Å². The highest BCUT2D eigenvalue weighted by Crippen LogP contribution is 2.42. The molecule has 2 aromatic carbocycles. The zero-order chi connectivity index (χ0) is 22.6. The Labute approximate surface area is 194 Å². The van der Waals surface area contributed by atoms with Gasteiger partial charge >= 0.3 is 8.25 Å². The van der Waals surface area contributed by atoms with Crippen LogP contribution in [0.4, 0.5) is 0 Å². The molecule has 3 N–H and O–H groups in total. The number of nitrogens with two attached hydrogens (primary N) is 1. The Morgan fingerprint density at radius 1 is 1.19 bits per heavy atom. The molecule has 2 radical (unpaired) electrons. The van der Waals surface area contributed by atoms with Crippen molar-refractivity contribution in [3.63, 3.8) is 0 Å². The van der Waals surface area contributed by atoms with E-state index in [0.717, 1.165) is 37.1 Å². The standard InChI is InChI=1S/C26H33BNO3P/c27-25-6-2-5-19(16-25)3-1-4-20-7-8-22-17-23(10-9-21(22)15-20)24-11-12-26(28,18-24)13-14-31-32(29)30/h2,5-6,9-10,16-17,20,24H,1,3-4,7-8,11-15,18,28H2/p+1/t20-,24-,26-/m0/s1. The number of hydrogen-bond acceptors (Lipinski definition) is 3. The molecule has 1 unspecified atom stereocenters. The predicted octanol–water partition coefficient (Wildman–Crippen LogP) is 4.63. The minimum absolute atomic E-state index is 0.248. The van der Waals surface area contributed by atoms with Gasteiger partial charge in [-0.25, -0.2) is 0 Å². The summed E-state index contributed by atoms with van der Waals surface area (Å²) in [6.45, 7) is 0.248. The van der Waals surface area contributed by atoms with Gasteiger partial charge in [0.05, 0.1) is 0 Å². The van der Waals surface area contributed by atoms with E-state index < -0.39 is 8.25 Å². The lowest BCUT2D eigenvalue weighted by Gasteiger charge is -2.26. The van der Waals surface area contributed by atoms with Crippen molar-refractivity contribution in [2.45, 2.75) is 75.7 Å². The second-order valence-corrected chi connectivity index (χ2v) is 10.6. The molecule has 32 heavy (non-hydrogen) atoms. The minimum atomic E-state index is -2.54. The molecule has 0 spiro atoms. The highest BCUT2D eigenvalue weighted by Gasteiger charge is 2.37. The van der Waals surface area contributed by atoms with E-state index in [-0.39, 0.29) is 12.1 Å². The zero-order valence-corrected chi connectivity index (χ0v) is 19.7. The summed E-state index contributed by atoms with van der Waals surface area (Å²) in [6.07, 6.45) is 10.8. The number of hydrogen-bond donors (Lipinski definition) is 2. The van der Waals surface area contributed by atoms with Crippen LogP contribution < -0.4 is 11.2 Å². The van der Waals surface area contributed by atoms with E-state index in [4.69, 9.17) is 23.0 Å². The first-order chi connectivity index (χ1) is 15.4. The smallest absolute Gasteiger partial charge is 0.325 e. The second-order valence-electron chi connectivity index (χ2n) is 9.90. The summed E-state index contributed by atoms with van der Waals surface area (Å²) in [6, 6.07) is 15.4. The van der Waals surface area contributed by atoms with Crippen molar-refractivity contribution in [3.8, 4) is 0 Å². The molecule has 0 heterocycles. The van der Waals surface area contributed by atoms with Crippen LogP contribution in [0.15, 0.2) is 42.5 Å². The fraction of sp³-hybridized carbons (Fsp3) is 0.538. The van der Waals surface area contributed by atoms with Crippen molar-refractivity contribution < 1.29 is 14.0 Å². The second kappa shape index (κ2) is 10.6. The monoisotopic (exact) mass is 450 g/mol. The Kier molecular flexibility index (Phi) is 7.84. The molecule has 1 fully saturated rings. The summed E-state index contributed by atoms with van der Waals surface area (Å²) >= 11 is 0. The summed E-state index contributed by atoms with van der Waals surface area (Å²) in [5, 5.41) is 0. The molecule has 0 saturated heterocycles. The van der Waals surface area contributed by atoms with Gasteiger partial charge in [-0.1, -0.05) is 47.9 Å². The van der Waals surface area contributed by atoms with E-state index in [2.05, 4.69) is 30.3 Å². The molecule has 4 nitrogen and oxygen atoms in total. The Morgan fingerprint density at radius 3 is 2.88 bits per heavy atom. The molecule has 0 amide bonds. The highest BCUT2D eigenvalue weighted by molar-refractivity contribution is 7.32. The Hall–Kier alpha value is -1.52. The maximum absolute atomic E-state index is 10.7. The zero-order valence-electron chi connectivity index (χ0n) is 18.8. The van der Waals surface area contributed by atoms with Gasteiger partial charge in [0, 0.05) is 10.1 Å². The molecule has 1 saturated carbocycles. The normalized spacial score (nSPS) is 25.5. The quantitative estimate of drug-likeness (QED) is 0.432. The van der Waals surface area contributed by atoms with Gasteiger partial charge < -0.3 is 5.73 Å². The van der Waals surface area contributed by atoms with Gasteiger partial charge in [-0.3, -0.25) is 0 Å². The average molecular weight is 450 g/mol.